The van der Waals surface area contributed by atoms with Gasteiger partial charge in [0.25, 0.3) is 0 Å². The van der Waals surface area contributed by atoms with Gasteiger partial charge < -0.3 is 15.4 Å². The Kier molecular flexibility index (Phi) is 5.23. The first-order valence-electron chi connectivity index (χ1n) is 6.67. The Hall–Kier alpha value is -1.30. The summed E-state index contributed by atoms with van der Waals surface area (Å²) >= 11 is 6.05. The molecule has 0 atom stereocenters. The van der Waals surface area contributed by atoms with Crippen LogP contribution in [0.1, 0.15) is 5.56 Å². The maximum atomic E-state index is 12.1. The molecule has 1 aromatic rings. The summed E-state index contributed by atoms with van der Waals surface area (Å²) < 4.78 is 5.25. The van der Waals surface area contributed by atoms with Crippen molar-refractivity contribution in [2.24, 2.45) is 0 Å². The van der Waals surface area contributed by atoms with E-state index >= 15 is 0 Å². The van der Waals surface area contributed by atoms with Crippen molar-refractivity contribution in [1.82, 2.24) is 10.2 Å². The lowest BCUT2D eigenvalue weighted by molar-refractivity contribution is -0.117. The number of carbonyl (C=O) groups is 1. The van der Waals surface area contributed by atoms with Crippen molar-refractivity contribution in [1.29, 1.82) is 0 Å². The smallest absolute Gasteiger partial charge is 0.238 e. The summed E-state index contributed by atoms with van der Waals surface area (Å²) in [6.45, 7) is 5.93. The predicted molar refractivity (Wildman–Crippen MR) is 80.7 cm³/mol. The van der Waals surface area contributed by atoms with Crippen LogP contribution in [0.5, 0.6) is 5.75 Å². The highest BCUT2D eigenvalue weighted by Gasteiger charge is 2.15. The second-order valence-electron chi connectivity index (χ2n) is 4.88. The number of rotatable bonds is 4. The first-order chi connectivity index (χ1) is 9.60. The van der Waals surface area contributed by atoms with Gasteiger partial charge in [0.2, 0.25) is 5.91 Å². The molecule has 0 aromatic heterocycles. The molecule has 1 aliphatic rings. The van der Waals surface area contributed by atoms with E-state index in [0.717, 1.165) is 31.7 Å². The largest absolute Gasteiger partial charge is 0.495 e. The topological polar surface area (TPSA) is 53.6 Å². The van der Waals surface area contributed by atoms with Crippen molar-refractivity contribution >= 4 is 23.2 Å². The lowest BCUT2D eigenvalue weighted by Gasteiger charge is -2.26. The molecule has 0 spiro atoms. The van der Waals surface area contributed by atoms with Crippen molar-refractivity contribution in [2.75, 3.05) is 45.2 Å². The quantitative estimate of drug-likeness (QED) is 0.884. The molecule has 1 aromatic carbocycles. The van der Waals surface area contributed by atoms with Crippen LogP contribution in [-0.4, -0.2) is 50.6 Å². The third-order valence-corrected chi connectivity index (χ3v) is 3.74. The van der Waals surface area contributed by atoms with Gasteiger partial charge >= 0.3 is 0 Å². The number of ether oxygens (including phenoxy) is 1. The number of benzene rings is 1. The Morgan fingerprint density at radius 3 is 2.80 bits per heavy atom. The predicted octanol–water partition coefficient (Wildman–Crippen LogP) is 1.50. The van der Waals surface area contributed by atoms with Gasteiger partial charge in [-0.3, -0.25) is 9.69 Å². The molecule has 20 heavy (non-hydrogen) atoms. The summed E-state index contributed by atoms with van der Waals surface area (Å²) in [5.74, 6) is 0.543. The van der Waals surface area contributed by atoms with E-state index < -0.39 is 0 Å². The third-order valence-electron chi connectivity index (χ3n) is 3.33. The van der Waals surface area contributed by atoms with Crippen molar-refractivity contribution in [3.63, 3.8) is 0 Å². The first-order valence-corrected chi connectivity index (χ1v) is 7.05. The molecule has 1 amide bonds. The number of nitrogens with one attached hydrogen (secondary N) is 2. The van der Waals surface area contributed by atoms with Crippen LogP contribution in [0.4, 0.5) is 5.69 Å². The summed E-state index contributed by atoms with van der Waals surface area (Å²) in [7, 11) is 1.56. The number of aryl methyl sites for hydroxylation is 1. The molecule has 0 unspecified atom stereocenters. The molecular weight excluding hydrogens is 278 g/mol. The highest BCUT2D eigenvalue weighted by Crippen LogP contribution is 2.30. The van der Waals surface area contributed by atoms with E-state index in [0.29, 0.717) is 23.0 Å². The van der Waals surface area contributed by atoms with E-state index in [9.17, 15) is 4.79 Å². The van der Waals surface area contributed by atoms with Gasteiger partial charge in [-0.05, 0) is 18.6 Å². The Morgan fingerprint density at radius 1 is 1.45 bits per heavy atom. The van der Waals surface area contributed by atoms with Gasteiger partial charge in [0.1, 0.15) is 5.75 Å². The lowest BCUT2D eigenvalue weighted by Crippen LogP contribution is -2.46. The van der Waals surface area contributed by atoms with E-state index in [1.54, 1.807) is 13.2 Å². The van der Waals surface area contributed by atoms with E-state index in [1.165, 1.54) is 0 Å². The van der Waals surface area contributed by atoms with E-state index in [4.69, 9.17) is 16.3 Å². The second kappa shape index (κ2) is 6.92. The highest BCUT2D eigenvalue weighted by molar-refractivity contribution is 6.31. The fourth-order valence-electron chi connectivity index (χ4n) is 2.19. The maximum absolute atomic E-state index is 12.1. The molecule has 0 saturated carbocycles. The molecule has 1 heterocycles. The number of piperazine rings is 1. The third kappa shape index (κ3) is 3.85. The van der Waals surface area contributed by atoms with Gasteiger partial charge in [-0.25, -0.2) is 0 Å². The Balaban J connectivity index is 2.01. The van der Waals surface area contributed by atoms with Crippen LogP contribution in [0, 0.1) is 6.92 Å². The molecule has 0 aliphatic carbocycles. The molecule has 5 nitrogen and oxygen atoms in total. The number of carbonyl (C=O) groups excluding carboxylic acids is 1. The zero-order valence-corrected chi connectivity index (χ0v) is 12.6. The molecule has 0 radical (unpaired) electrons. The zero-order chi connectivity index (χ0) is 14.5. The van der Waals surface area contributed by atoms with Gasteiger partial charge in [-0.15, -0.1) is 0 Å². The number of nitrogens with zero attached hydrogens (tertiary/aromatic N) is 1. The Labute approximate surface area is 124 Å². The van der Waals surface area contributed by atoms with Crippen LogP contribution >= 0.6 is 11.6 Å². The summed E-state index contributed by atoms with van der Waals surface area (Å²) in [6, 6.07) is 3.55. The Bertz CT molecular complexity index is 488. The van der Waals surface area contributed by atoms with Gasteiger partial charge in [-0.2, -0.15) is 0 Å². The van der Waals surface area contributed by atoms with E-state index in [2.05, 4.69) is 15.5 Å². The van der Waals surface area contributed by atoms with Gasteiger partial charge in [0.15, 0.2) is 0 Å². The minimum Gasteiger partial charge on any atom is -0.495 e. The molecule has 0 bridgehead atoms. The van der Waals surface area contributed by atoms with Crippen LogP contribution in [-0.2, 0) is 4.79 Å². The fraction of sp³-hybridized carbons (Fsp3) is 0.500. The SMILES string of the molecule is COc1cc(Cl)c(C)cc1NC(=O)CN1CCNCC1. The molecule has 1 saturated heterocycles. The number of halogens is 1. The van der Waals surface area contributed by atoms with Crippen LogP contribution in [0.25, 0.3) is 0 Å². The number of methoxy groups -OCH3 is 1. The minimum atomic E-state index is -0.0353. The standard InChI is InChI=1S/C14H20ClN3O2/c1-10-7-12(13(20-2)8-11(10)15)17-14(19)9-18-5-3-16-4-6-18/h7-8,16H,3-6,9H2,1-2H3,(H,17,19). The molecular formula is C14H20ClN3O2. The van der Waals surface area contributed by atoms with Crippen molar-refractivity contribution in [3.05, 3.63) is 22.7 Å². The Morgan fingerprint density at radius 2 is 2.15 bits per heavy atom. The van der Waals surface area contributed by atoms with Crippen LogP contribution in [0.15, 0.2) is 12.1 Å². The van der Waals surface area contributed by atoms with Gasteiger partial charge in [0.05, 0.1) is 19.3 Å². The van der Waals surface area contributed by atoms with Gasteiger partial charge in [-0.1, -0.05) is 11.6 Å². The molecule has 1 fully saturated rings. The average Bonchev–Trinajstić information content (AvgIpc) is 2.43. The normalized spacial score (nSPS) is 15.9. The van der Waals surface area contributed by atoms with Crippen molar-refractivity contribution in [3.8, 4) is 5.75 Å². The molecule has 2 rings (SSSR count). The van der Waals surface area contributed by atoms with Gasteiger partial charge in [0, 0.05) is 37.3 Å². The van der Waals surface area contributed by atoms with Crippen molar-refractivity contribution < 1.29 is 9.53 Å². The monoisotopic (exact) mass is 297 g/mol. The number of hydrogen-bond donors (Lipinski definition) is 2. The summed E-state index contributed by atoms with van der Waals surface area (Å²) in [6.07, 6.45) is 0. The minimum absolute atomic E-state index is 0.0353. The first kappa shape index (κ1) is 15.1. The second-order valence-corrected chi connectivity index (χ2v) is 5.28. The molecule has 1 aliphatic heterocycles. The number of anilines is 1. The lowest BCUT2D eigenvalue weighted by atomic mass is 10.2. The van der Waals surface area contributed by atoms with Crippen LogP contribution < -0.4 is 15.4 Å². The van der Waals surface area contributed by atoms with E-state index in [1.807, 2.05) is 13.0 Å². The molecule has 2 N–H and O–H groups in total. The summed E-state index contributed by atoms with van der Waals surface area (Å²) in [4.78, 5) is 14.2. The zero-order valence-electron chi connectivity index (χ0n) is 11.8. The van der Waals surface area contributed by atoms with Crippen molar-refractivity contribution in [2.45, 2.75) is 6.92 Å². The number of amides is 1. The van der Waals surface area contributed by atoms with Crippen LogP contribution in [0.3, 0.4) is 0 Å². The maximum Gasteiger partial charge on any atom is 0.238 e. The molecule has 6 heteroatoms. The summed E-state index contributed by atoms with van der Waals surface area (Å²) in [5, 5.41) is 6.78. The van der Waals surface area contributed by atoms with Crippen LogP contribution in [0.2, 0.25) is 5.02 Å². The summed E-state index contributed by atoms with van der Waals surface area (Å²) in [5.41, 5.74) is 1.57. The molecule has 110 valence electrons. The number of hydrogen-bond acceptors (Lipinski definition) is 4. The highest BCUT2D eigenvalue weighted by atomic mass is 35.5. The van der Waals surface area contributed by atoms with E-state index in [-0.39, 0.29) is 5.91 Å². The average molecular weight is 298 g/mol. The fourth-order valence-corrected chi connectivity index (χ4v) is 2.35.